The van der Waals surface area contributed by atoms with Gasteiger partial charge in [-0.05, 0) is 36.4 Å². The number of hydrogen-bond donors (Lipinski definition) is 1. The van der Waals surface area contributed by atoms with Crippen LogP contribution >= 0.6 is 34.8 Å². The zero-order chi connectivity index (χ0) is 19.1. The third-order valence-electron chi connectivity index (χ3n) is 3.67. The molecule has 1 aliphatic rings. The zero-order valence-corrected chi connectivity index (χ0v) is 16.5. The van der Waals surface area contributed by atoms with Gasteiger partial charge in [-0.25, -0.2) is 8.42 Å². The molecule has 26 heavy (non-hydrogen) atoms. The normalized spacial score (nSPS) is 16.6. The van der Waals surface area contributed by atoms with Crippen LogP contribution < -0.4 is 14.4 Å². The van der Waals surface area contributed by atoms with E-state index in [1.54, 1.807) is 18.2 Å². The summed E-state index contributed by atoms with van der Waals surface area (Å²) in [6.07, 6.45) is 0.00423. The number of sulfonamides is 1. The highest BCUT2D eigenvalue weighted by molar-refractivity contribution is 7.92. The predicted octanol–water partition coefficient (Wildman–Crippen LogP) is 3.81. The number of nitrogens with zero attached hydrogens (tertiary/aromatic N) is 1. The molecule has 6 nitrogen and oxygen atoms in total. The number of carbonyl (C=O) groups excluding carboxylic acids is 1. The summed E-state index contributed by atoms with van der Waals surface area (Å²) in [6, 6.07) is 9.17. The zero-order valence-electron chi connectivity index (χ0n) is 13.4. The van der Waals surface area contributed by atoms with Gasteiger partial charge in [0.1, 0.15) is 5.75 Å². The van der Waals surface area contributed by atoms with E-state index in [1.807, 2.05) is 0 Å². The number of amides is 1. The van der Waals surface area contributed by atoms with E-state index in [-0.39, 0.29) is 17.3 Å². The SMILES string of the molecule is CS(=O)(=O)N1C[C@H](C(=O)Nc2ccc(Cl)c(Cl)c2)Oc2ccc(Cl)cc21. The summed E-state index contributed by atoms with van der Waals surface area (Å²) < 4.78 is 31.0. The van der Waals surface area contributed by atoms with E-state index in [1.165, 1.54) is 18.2 Å². The molecule has 1 heterocycles. The fourth-order valence-corrected chi connectivity index (χ4v) is 3.84. The second-order valence-corrected chi connectivity index (χ2v) is 8.79. The first-order chi connectivity index (χ1) is 12.1. The van der Waals surface area contributed by atoms with E-state index in [0.29, 0.717) is 21.4 Å². The van der Waals surface area contributed by atoms with Gasteiger partial charge >= 0.3 is 0 Å². The van der Waals surface area contributed by atoms with Crippen LogP contribution in [-0.4, -0.2) is 33.2 Å². The summed E-state index contributed by atoms with van der Waals surface area (Å²) in [5, 5.41) is 3.64. The van der Waals surface area contributed by atoms with Crippen molar-refractivity contribution in [3.05, 3.63) is 51.5 Å². The minimum absolute atomic E-state index is 0.181. The van der Waals surface area contributed by atoms with Crippen LogP contribution in [0.2, 0.25) is 15.1 Å². The largest absolute Gasteiger partial charge is 0.476 e. The summed E-state index contributed by atoms with van der Waals surface area (Å²) in [7, 11) is -3.63. The number of anilines is 2. The van der Waals surface area contributed by atoms with E-state index >= 15 is 0 Å². The molecule has 0 spiro atoms. The summed E-state index contributed by atoms with van der Waals surface area (Å²) >= 11 is 17.7. The Morgan fingerprint density at radius 1 is 1.15 bits per heavy atom. The molecule has 0 aliphatic carbocycles. The molecule has 1 atom stereocenters. The van der Waals surface area contributed by atoms with E-state index < -0.39 is 22.0 Å². The number of halogens is 3. The van der Waals surface area contributed by atoms with Gasteiger partial charge in [-0.2, -0.15) is 0 Å². The molecule has 0 unspecified atom stereocenters. The fourth-order valence-electron chi connectivity index (χ4n) is 2.47. The van der Waals surface area contributed by atoms with Gasteiger partial charge < -0.3 is 10.1 Å². The third kappa shape index (κ3) is 4.01. The number of nitrogens with one attached hydrogen (secondary N) is 1. The molecule has 1 amide bonds. The van der Waals surface area contributed by atoms with Crippen molar-refractivity contribution in [1.29, 1.82) is 0 Å². The molecule has 0 saturated heterocycles. The van der Waals surface area contributed by atoms with Gasteiger partial charge in [-0.1, -0.05) is 34.8 Å². The summed E-state index contributed by atoms with van der Waals surface area (Å²) in [4.78, 5) is 12.6. The molecule has 0 aromatic heterocycles. The van der Waals surface area contributed by atoms with Crippen LogP contribution in [0.3, 0.4) is 0 Å². The molecule has 1 N–H and O–H groups in total. The molecule has 138 valence electrons. The van der Waals surface area contributed by atoms with Crippen molar-refractivity contribution in [1.82, 2.24) is 0 Å². The first kappa shape index (κ1) is 19.1. The standard InChI is InChI=1S/C16H13Cl3N2O4S/c1-26(23,24)21-8-15(25-14-5-2-9(17)6-13(14)21)16(22)20-10-3-4-11(18)12(19)7-10/h2-7,15H,8H2,1H3,(H,20,22)/t15-/m1/s1. The Kier molecular flexibility index (Phi) is 5.25. The molecule has 1 aliphatic heterocycles. The molecule has 0 bridgehead atoms. The molecule has 10 heteroatoms. The lowest BCUT2D eigenvalue weighted by molar-refractivity contribution is -0.122. The minimum Gasteiger partial charge on any atom is -0.476 e. The number of fused-ring (bicyclic) bond motifs is 1. The maximum absolute atomic E-state index is 12.6. The maximum atomic E-state index is 12.6. The number of benzene rings is 2. The predicted molar refractivity (Wildman–Crippen MR) is 103 cm³/mol. The first-order valence-electron chi connectivity index (χ1n) is 7.35. The second-order valence-electron chi connectivity index (χ2n) is 5.63. The maximum Gasteiger partial charge on any atom is 0.267 e. The number of ether oxygens (including phenoxy) is 1. The van der Waals surface area contributed by atoms with E-state index in [4.69, 9.17) is 39.5 Å². The Morgan fingerprint density at radius 3 is 2.54 bits per heavy atom. The summed E-state index contributed by atoms with van der Waals surface area (Å²) in [5.41, 5.74) is 0.708. The average Bonchev–Trinajstić information content (AvgIpc) is 2.56. The first-order valence-corrected chi connectivity index (χ1v) is 10.3. The highest BCUT2D eigenvalue weighted by Crippen LogP contribution is 2.37. The highest BCUT2D eigenvalue weighted by atomic mass is 35.5. The van der Waals surface area contributed by atoms with Crippen LogP contribution in [0.5, 0.6) is 5.75 Å². The van der Waals surface area contributed by atoms with Gasteiger partial charge in [0.15, 0.2) is 6.10 Å². The lowest BCUT2D eigenvalue weighted by atomic mass is 10.2. The lowest BCUT2D eigenvalue weighted by Gasteiger charge is -2.34. The van der Waals surface area contributed by atoms with Crippen LogP contribution in [0.15, 0.2) is 36.4 Å². The van der Waals surface area contributed by atoms with Gasteiger partial charge in [-0.15, -0.1) is 0 Å². The van der Waals surface area contributed by atoms with Crippen LogP contribution in [0.25, 0.3) is 0 Å². The lowest BCUT2D eigenvalue weighted by Crippen LogP contribution is -2.48. The van der Waals surface area contributed by atoms with E-state index in [0.717, 1.165) is 10.6 Å². The topological polar surface area (TPSA) is 75.7 Å². The molecular weight excluding hydrogens is 423 g/mol. The molecule has 0 radical (unpaired) electrons. The van der Waals surface area contributed by atoms with Gasteiger partial charge in [-0.3, -0.25) is 9.10 Å². The Morgan fingerprint density at radius 2 is 1.88 bits per heavy atom. The van der Waals surface area contributed by atoms with Crippen LogP contribution in [0.4, 0.5) is 11.4 Å². The quantitative estimate of drug-likeness (QED) is 0.795. The van der Waals surface area contributed by atoms with Crippen molar-refractivity contribution in [2.24, 2.45) is 0 Å². The van der Waals surface area contributed by atoms with Crippen LogP contribution in [-0.2, 0) is 14.8 Å². The monoisotopic (exact) mass is 434 g/mol. The van der Waals surface area contributed by atoms with Gasteiger partial charge in [0, 0.05) is 10.7 Å². The van der Waals surface area contributed by atoms with Crippen molar-refractivity contribution in [2.45, 2.75) is 6.10 Å². The van der Waals surface area contributed by atoms with Crippen LogP contribution in [0.1, 0.15) is 0 Å². The van der Waals surface area contributed by atoms with Crippen molar-refractivity contribution >= 4 is 62.1 Å². The third-order valence-corrected chi connectivity index (χ3v) is 5.79. The molecule has 2 aromatic rings. The smallest absolute Gasteiger partial charge is 0.267 e. The Bertz CT molecular complexity index is 981. The van der Waals surface area contributed by atoms with Crippen molar-refractivity contribution < 1.29 is 17.9 Å². The Labute approximate surface area is 165 Å². The second kappa shape index (κ2) is 7.15. The van der Waals surface area contributed by atoms with Gasteiger partial charge in [0.25, 0.3) is 5.91 Å². The Balaban J connectivity index is 1.88. The minimum atomic E-state index is -3.63. The van der Waals surface area contributed by atoms with Crippen molar-refractivity contribution in [2.75, 3.05) is 22.4 Å². The molecule has 0 saturated carbocycles. The summed E-state index contributed by atoms with van der Waals surface area (Å²) in [6.45, 7) is -0.181. The average molecular weight is 436 g/mol. The number of rotatable bonds is 3. The molecule has 0 fully saturated rings. The molecule has 2 aromatic carbocycles. The Hall–Kier alpha value is -1.67. The van der Waals surface area contributed by atoms with Crippen molar-refractivity contribution in [3.8, 4) is 5.75 Å². The number of hydrogen-bond acceptors (Lipinski definition) is 4. The van der Waals surface area contributed by atoms with Gasteiger partial charge in [0.2, 0.25) is 10.0 Å². The fraction of sp³-hybridized carbons (Fsp3) is 0.188. The van der Waals surface area contributed by atoms with Gasteiger partial charge in [0.05, 0.1) is 28.5 Å². The van der Waals surface area contributed by atoms with E-state index in [9.17, 15) is 13.2 Å². The molecular formula is C16H13Cl3N2O4S. The highest BCUT2D eigenvalue weighted by Gasteiger charge is 2.35. The number of carbonyl (C=O) groups is 1. The van der Waals surface area contributed by atoms with E-state index in [2.05, 4.69) is 5.32 Å². The van der Waals surface area contributed by atoms with Crippen LogP contribution in [0, 0.1) is 0 Å². The summed E-state index contributed by atoms with van der Waals surface area (Å²) in [5.74, 6) is -0.266. The molecule has 3 rings (SSSR count). The van der Waals surface area contributed by atoms with Crippen molar-refractivity contribution in [3.63, 3.8) is 0 Å².